The SMILES string of the molecule is Cc1sc2nc(C)n(CCCC(N)=O)c(=O)c2c1-c1ccccc1. The summed E-state index contributed by atoms with van der Waals surface area (Å²) in [6.07, 6.45) is 0.797. The van der Waals surface area contributed by atoms with Crippen molar-refractivity contribution >= 4 is 27.5 Å². The molecule has 0 spiro atoms. The minimum Gasteiger partial charge on any atom is -0.370 e. The molecule has 0 atom stereocenters. The number of nitrogens with zero attached hydrogens (tertiary/aromatic N) is 2. The quantitative estimate of drug-likeness (QED) is 0.775. The first-order valence-electron chi connectivity index (χ1n) is 7.83. The van der Waals surface area contributed by atoms with Crippen LogP contribution in [-0.2, 0) is 11.3 Å². The van der Waals surface area contributed by atoms with E-state index in [2.05, 4.69) is 4.98 Å². The van der Waals surface area contributed by atoms with Crippen LogP contribution >= 0.6 is 11.3 Å². The summed E-state index contributed by atoms with van der Waals surface area (Å²) in [4.78, 5) is 30.4. The third-order valence-corrected chi connectivity index (χ3v) is 5.05. The van der Waals surface area contributed by atoms with Crippen LogP contribution in [0.5, 0.6) is 0 Å². The largest absolute Gasteiger partial charge is 0.370 e. The number of amides is 1. The average Bonchev–Trinajstić information content (AvgIpc) is 2.87. The molecule has 3 aromatic rings. The summed E-state index contributed by atoms with van der Waals surface area (Å²) in [5, 5.41) is 0.661. The fourth-order valence-corrected chi connectivity index (χ4v) is 4.00. The number of nitrogens with two attached hydrogens (primary N) is 1. The van der Waals surface area contributed by atoms with Gasteiger partial charge in [-0.3, -0.25) is 14.2 Å². The predicted molar refractivity (Wildman–Crippen MR) is 97.2 cm³/mol. The molecule has 2 aromatic heterocycles. The van der Waals surface area contributed by atoms with Crippen molar-refractivity contribution in [1.82, 2.24) is 9.55 Å². The van der Waals surface area contributed by atoms with Crippen LogP contribution in [0, 0.1) is 13.8 Å². The molecule has 5 nitrogen and oxygen atoms in total. The molecule has 2 N–H and O–H groups in total. The fraction of sp³-hybridized carbons (Fsp3) is 0.278. The molecule has 0 aliphatic rings. The Morgan fingerprint density at radius 1 is 1.25 bits per heavy atom. The molecule has 0 aliphatic carbocycles. The summed E-state index contributed by atoms with van der Waals surface area (Å²) in [5.74, 6) is 0.309. The van der Waals surface area contributed by atoms with Gasteiger partial charge < -0.3 is 5.73 Å². The van der Waals surface area contributed by atoms with E-state index in [4.69, 9.17) is 5.73 Å². The van der Waals surface area contributed by atoms with E-state index < -0.39 is 0 Å². The number of carbonyl (C=O) groups excluding carboxylic acids is 1. The minimum atomic E-state index is -0.355. The molecule has 1 aromatic carbocycles. The van der Waals surface area contributed by atoms with Gasteiger partial charge in [0.1, 0.15) is 10.7 Å². The van der Waals surface area contributed by atoms with Crippen molar-refractivity contribution in [2.24, 2.45) is 5.73 Å². The molecule has 0 radical (unpaired) electrons. The van der Waals surface area contributed by atoms with Crippen molar-refractivity contribution in [2.45, 2.75) is 33.2 Å². The number of aromatic nitrogens is 2. The standard InChI is InChI=1S/C18H19N3O2S/c1-11-15(13-7-4-3-5-8-13)16-17(24-11)20-12(2)21(18(16)23)10-6-9-14(19)22/h3-5,7-8H,6,9-10H2,1-2H3,(H2,19,22). The van der Waals surface area contributed by atoms with Gasteiger partial charge in [0.05, 0.1) is 5.39 Å². The van der Waals surface area contributed by atoms with Gasteiger partial charge >= 0.3 is 0 Å². The monoisotopic (exact) mass is 341 g/mol. The zero-order valence-electron chi connectivity index (χ0n) is 13.7. The first kappa shape index (κ1) is 16.4. The zero-order valence-corrected chi connectivity index (χ0v) is 14.5. The Kier molecular flexibility index (Phi) is 4.49. The molecule has 2 heterocycles. The van der Waals surface area contributed by atoms with Crippen molar-refractivity contribution in [3.63, 3.8) is 0 Å². The highest BCUT2D eigenvalue weighted by Crippen LogP contribution is 2.35. The zero-order chi connectivity index (χ0) is 17.3. The normalized spacial score (nSPS) is 11.1. The van der Waals surface area contributed by atoms with E-state index in [0.29, 0.717) is 24.2 Å². The smallest absolute Gasteiger partial charge is 0.262 e. The van der Waals surface area contributed by atoms with Gasteiger partial charge in [0, 0.05) is 23.4 Å². The lowest BCUT2D eigenvalue weighted by molar-refractivity contribution is -0.118. The second-order valence-corrected chi connectivity index (χ2v) is 6.97. The van der Waals surface area contributed by atoms with Gasteiger partial charge in [0.2, 0.25) is 5.91 Å². The van der Waals surface area contributed by atoms with Crippen molar-refractivity contribution in [3.8, 4) is 11.1 Å². The number of fused-ring (bicyclic) bond motifs is 1. The molecular formula is C18H19N3O2S. The highest BCUT2D eigenvalue weighted by Gasteiger charge is 2.18. The van der Waals surface area contributed by atoms with Crippen molar-refractivity contribution in [3.05, 3.63) is 51.4 Å². The van der Waals surface area contributed by atoms with Crippen molar-refractivity contribution in [1.29, 1.82) is 0 Å². The summed E-state index contributed by atoms with van der Waals surface area (Å²) in [6.45, 7) is 4.28. The lowest BCUT2D eigenvalue weighted by Crippen LogP contribution is -2.24. The number of primary amides is 1. The van der Waals surface area contributed by atoms with Crippen LogP contribution in [0.2, 0.25) is 0 Å². The van der Waals surface area contributed by atoms with Gasteiger partial charge in [-0.05, 0) is 25.8 Å². The van der Waals surface area contributed by atoms with Crippen LogP contribution in [0.3, 0.4) is 0 Å². The maximum Gasteiger partial charge on any atom is 0.262 e. The topological polar surface area (TPSA) is 78.0 Å². The molecule has 0 bridgehead atoms. The van der Waals surface area contributed by atoms with E-state index in [0.717, 1.165) is 20.8 Å². The van der Waals surface area contributed by atoms with Crippen LogP contribution in [-0.4, -0.2) is 15.5 Å². The number of thiophene rings is 1. The molecule has 0 unspecified atom stereocenters. The molecule has 3 rings (SSSR count). The Balaban J connectivity index is 2.16. The van der Waals surface area contributed by atoms with Crippen molar-refractivity contribution in [2.75, 3.05) is 0 Å². The van der Waals surface area contributed by atoms with E-state index >= 15 is 0 Å². The molecular weight excluding hydrogens is 322 g/mol. The van der Waals surface area contributed by atoms with E-state index in [1.54, 1.807) is 15.9 Å². The van der Waals surface area contributed by atoms with Gasteiger partial charge in [0.15, 0.2) is 0 Å². The Morgan fingerprint density at radius 2 is 1.96 bits per heavy atom. The number of hydrogen-bond acceptors (Lipinski definition) is 4. The maximum absolute atomic E-state index is 13.0. The molecule has 0 fully saturated rings. The van der Waals surface area contributed by atoms with Crippen LogP contribution in [0.25, 0.3) is 21.3 Å². The van der Waals surface area contributed by atoms with Crippen molar-refractivity contribution < 1.29 is 4.79 Å². The summed E-state index contributed by atoms with van der Waals surface area (Å²) in [5.41, 5.74) is 7.11. The molecule has 124 valence electrons. The summed E-state index contributed by atoms with van der Waals surface area (Å²) in [7, 11) is 0. The number of carbonyl (C=O) groups is 1. The number of benzene rings is 1. The van der Waals surface area contributed by atoms with E-state index in [9.17, 15) is 9.59 Å². The highest BCUT2D eigenvalue weighted by molar-refractivity contribution is 7.19. The first-order valence-corrected chi connectivity index (χ1v) is 8.65. The second kappa shape index (κ2) is 6.57. The van der Waals surface area contributed by atoms with Crippen LogP contribution in [0.1, 0.15) is 23.5 Å². The average molecular weight is 341 g/mol. The van der Waals surface area contributed by atoms with E-state index in [1.165, 1.54) is 0 Å². The lowest BCUT2D eigenvalue weighted by atomic mass is 10.0. The van der Waals surface area contributed by atoms with Gasteiger partial charge in [-0.25, -0.2) is 4.98 Å². The van der Waals surface area contributed by atoms with Gasteiger partial charge in [-0.15, -0.1) is 11.3 Å². The number of rotatable bonds is 5. The molecule has 1 amide bonds. The van der Waals surface area contributed by atoms with Gasteiger partial charge in [0.25, 0.3) is 5.56 Å². The Morgan fingerprint density at radius 3 is 2.62 bits per heavy atom. The lowest BCUT2D eigenvalue weighted by Gasteiger charge is -2.09. The first-order chi connectivity index (χ1) is 11.5. The number of hydrogen-bond donors (Lipinski definition) is 1. The fourth-order valence-electron chi connectivity index (χ4n) is 2.92. The van der Waals surface area contributed by atoms with Crippen LogP contribution < -0.4 is 11.3 Å². The Hall–Kier alpha value is -2.47. The molecule has 6 heteroatoms. The second-order valence-electron chi connectivity index (χ2n) is 5.77. The highest BCUT2D eigenvalue weighted by atomic mass is 32.1. The summed E-state index contributed by atoms with van der Waals surface area (Å²) >= 11 is 1.54. The van der Waals surface area contributed by atoms with Crippen LogP contribution in [0.15, 0.2) is 35.1 Å². The summed E-state index contributed by atoms with van der Waals surface area (Å²) in [6, 6.07) is 9.89. The Labute approximate surface area is 143 Å². The molecule has 0 aliphatic heterocycles. The third kappa shape index (κ3) is 2.97. The van der Waals surface area contributed by atoms with E-state index in [-0.39, 0.29) is 17.9 Å². The molecule has 0 saturated carbocycles. The van der Waals surface area contributed by atoms with Crippen LogP contribution in [0.4, 0.5) is 0 Å². The predicted octanol–water partition coefficient (Wildman–Crippen LogP) is 3.01. The third-order valence-electron chi connectivity index (χ3n) is 4.05. The minimum absolute atomic E-state index is 0.0508. The molecule has 0 saturated heterocycles. The van der Waals surface area contributed by atoms with Gasteiger partial charge in [-0.1, -0.05) is 30.3 Å². The maximum atomic E-state index is 13.0. The van der Waals surface area contributed by atoms with Gasteiger partial charge in [-0.2, -0.15) is 0 Å². The molecule has 24 heavy (non-hydrogen) atoms. The Bertz CT molecular complexity index is 958. The summed E-state index contributed by atoms with van der Waals surface area (Å²) < 4.78 is 1.64. The number of aryl methyl sites for hydroxylation is 2. The van der Waals surface area contributed by atoms with E-state index in [1.807, 2.05) is 44.2 Å².